The number of carbonyl (C=O) groups excluding carboxylic acids is 3. The van der Waals surface area contributed by atoms with Crippen LogP contribution < -0.4 is 14.8 Å². The van der Waals surface area contributed by atoms with Crippen molar-refractivity contribution in [3.63, 3.8) is 0 Å². The van der Waals surface area contributed by atoms with E-state index in [2.05, 4.69) is 5.32 Å². The fourth-order valence-electron chi connectivity index (χ4n) is 7.24. The molecular formula is C37H32N2O5. The Labute approximate surface area is 256 Å². The quantitative estimate of drug-likeness (QED) is 0.251. The third-order valence-electron chi connectivity index (χ3n) is 9.01. The number of nitrogens with one attached hydrogen (secondary N) is 1. The number of hydrogen-bond acceptors (Lipinski definition) is 6. The van der Waals surface area contributed by atoms with Crippen molar-refractivity contribution < 1.29 is 23.9 Å². The van der Waals surface area contributed by atoms with Gasteiger partial charge >= 0.3 is 0 Å². The number of carbonyl (C=O) groups is 3. The Balaban J connectivity index is 1.47. The molecule has 0 radical (unpaired) electrons. The standard InChI is InChI=1S/C37H32N2O5/c1-22(2)44-27-18-14-24(15-19-27)33(40)31-32(34(41)25-12-16-26(43-3)17-13-25)39-21-20-23-8-4-5-9-28(23)35(39)37(31)29-10-6-7-11-30(29)38-36(37)42/h4-22,31-32,35H,1-3H3,(H,38,42)/t31-,32-,35-,37-/m1/s1. The topological polar surface area (TPSA) is 84.9 Å². The predicted octanol–water partition coefficient (Wildman–Crippen LogP) is 6.46. The van der Waals surface area contributed by atoms with Gasteiger partial charge in [-0.05, 0) is 91.2 Å². The molecule has 3 aliphatic heterocycles. The highest BCUT2D eigenvalue weighted by Crippen LogP contribution is 2.62. The largest absolute Gasteiger partial charge is 0.497 e. The first-order valence-electron chi connectivity index (χ1n) is 14.8. The van der Waals surface area contributed by atoms with Crippen LogP contribution in [-0.2, 0) is 10.2 Å². The second-order valence-electron chi connectivity index (χ2n) is 11.7. The van der Waals surface area contributed by atoms with Crippen LogP contribution in [0.2, 0.25) is 0 Å². The van der Waals surface area contributed by atoms with E-state index < -0.39 is 23.4 Å². The van der Waals surface area contributed by atoms with E-state index in [-0.39, 0.29) is 23.6 Å². The van der Waals surface area contributed by atoms with Crippen molar-refractivity contribution in [1.82, 2.24) is 4.90 Å². The second kappa shape index (κ2) is 10.5. The van der Waals surface area contributed by atoms with Crippen LogP contribution in [-0.4, -0.2) is 41.6 Å². The van der Waals surface area contributed by atoms with E-state index in [9.17, 15) is 14.4 Å². The summed E-state index contributed by atoms with van der Waals surface area (Å²) in [5.74, 6) is -0.592. The fraction of sp³-hybridized carbons (Fsp3) is 0.216. The summed E-state index contributed by atoms with van der Waals surface area (Å²) in [6, 6.07) is 27.7. The summed E-state index contributed by atoms with van der Waals surface area (Å²) in [6.45, 7) is 3.88. The van der Waals surface area contributed by atoms with Gasteiger partial charge in [-0.2, -0.15) is 0 Å². The molecule has 7 rings (SSSR count). The minimum Gasteiger partial charge on any atom is -0.497 e. The molecule has 7 nitrogen and oxygen atoms in total. The molecule has 1 fully saturated rings. The van der Waals surface area contributed by atoms with Crippen LogP contribution in [0.4, 0.5) is 5.69 Å². The molecule has 3 aliphatic rings. The number of benzene rings is 4. The van der Waals surface area contributed by atoms with Gasteiger partial charge in [-0.25, -0.2) is 0 Å². The van der Waals surface area contributed by atoms with Gasteiger partial charge in [0.15, 0.2) is 11.6 Å². The van der Waals surface area contributed by atoms with Crippen LogP contribution in [0.3, 0.4) is 0 Å². The predicted molar refractivity (Wildman–Crippen MR) is 168 cm³/mol. The number of nitrogens with zero attached hydrogens (tertiary/aromatic N) is 1. The van der Waals surface area contributed by atoms with Gasteiger partial charge in [-0.3, -0.25) is 14.4 Å². The van der Waals surface area contributed by atoms with Crippen molar-refractivity contribution in [2.75, 3.05) is 12.4 Å². The number of rotatable bonds is 7. The van der Waals surface area contributed by atoms with Crippen molar-refractivity contribution >= 4 is 29.2 Å². The van der Waals surface area contributed by atoms with Crippen molar-refractivity contribution in [1.29, 1.82) is 0 Å². The van der Waals surface area contributed by atoms with Gasteiger partial charge in [0.25, 0.3) is 0 Å². The van der Waals surface area contributed by atoms with Crippen LogP contribution in [0, 0.1) is 5.92 Å². The van der Waals surface area contributed by atoms with Gasteiger partial charge < -0.3 is 19.7 Å². The lowest BCUT2D eigenvalue weighted by Gasteiger charge is -2.38. The summed E-state index contributed by atoms with van der Waals surface area (Å²) >= 11 is 0. The molecule has 1 saturated heterocycles. The average molecular weight is 585 g/mol. The Bertz CT molecular complexity index is 1810. The van der Waals surface area contributed by atoms with Gasteiger partial charge in [-0.1, -0.05) is 42.5 Å². The molecule has 0 aromatic heterocycles. The normalized spacial score (nSPS) is 22.8. The molecule has 0 bridgehead atoms. The number of para-hydroxylation sites is 1. The first-order valence-corrected chi connectivity index (χ1v) is 14.8. The summed E-state index contributed by atoms with van der Waals surface area (Å²) in [5, 5.41) is 3.09. The van der Waals surface area contributed by atoms with Crippen LogP contribution in [0.25, 0.3) is 6.08 Å². The Kier molecular flexibility index (Phi) is 6.61. The third kappa shape index (κ3) is 4.07. The number of ether oxygens (including phenoxy) is 2. The van der Waals surface area contributed by atoms with E-state index in [4.69, 9.17) is 9.47 Å². The van der Waals surface area contributed by atoms with Gasteiger partial charge in [-0.15, -0.1) is 0 Å². The molecular weight excluding hydrogens is 552 g/mol. The lowest BCUT2D eigenvalue weighted by Crippen LogP contribution is -2.49. The van der Waals surface area contributed by atoms with Crippen molar-refractivity contribution in [3.8, 4) is 11.5 Å². The summed E-state index contributed by atoms with van der Waals surface area (Å²) in [4.78, 5) is 46.1. The molecule has 4 aromatic rings. The SMILES string of the molecule is COc1ccc(C(=O)[C@H]2[C@H](C(=O)c3ccc(OC(C)C)cc3)[C@@]3(C(=O)Nc4ccccc43)[C@H]3c4ccccc4C=CN23)cc1. The van der Waals surface area contributed by atoms with Crippen molar-refractivity contribution in [2.24, 2.45) is 5.92 Å². The Morgan fingerprint density at radius 3 is 2.16 bits per heavy atom. The van der Waals surface area contributed by atoms with E-state index in [0.717, 1.165) is 11.1 Å². The lowest BCUT2D eigenvalue weighted by atomic mass is 9.62. The average Bonchev–Trinajstić information content (AvgIpc) is 3.52. The zero-order valence-corrected chi connectivity index (χ0v) is 24.7. The smallest absolute Gasteiger partial charge is 0.238 e. The second-order valence-corrected chi connectivity index (χ2v) is 11.7. The number of amides is 1. The van der Waals surface area contributed by atoms with Gasteiger partial charge in [0.1, 0.15) is 23.0 Å². The van der Waals surface area contributed by atoms with Crippen LogP contribution in [0.15, 0.2) is 103 Å². The molecule has 1 amide bonds. The maximum absolute atomic E-state index is 15.0. The van der Waals surface area contributed by atoms with Crippen LogP contribution in [0.1, 0.15) is 57.3 Å². The molecule has 1 spiro atoms. The first-order chi connectivity index (χ1) is 21.3. The summed E-state index contributed by atoms with van der Waals surface area (Å²) in [6.07, 6.45) is 3.81. The molecule has 3 heterocycles. The molecule has 7 heteroatoms. The molecule has 4 atom stereocenters. The van der Waals surface area contributed by atoms with E-state index in [1.165, 1.54) is 0 Å². The van der Waals surface area contributed by atoms with Crippen molar-refractivity contribution in [2.45, 2.75) is 37.5 Å². The molecule has 220 valence electrons. The minimum atomic E-state index is -1.38. The monoisotopic (exact) mass is 584 g/mol. The zero-order valence-electron chi connectivity index (χ0n) is 24.7. The number of anilines is 1. The number of Topliss-reactive ketones (excluding diaryl/α,β-unsaturated/α-hetero) is 2. The van der Waals surface area contributed by atoms with E-state index in [0.29, 0.717) is 33.9 Å². The molecule has 0 unspecified atom stereocenters. The highest BCUT2D eigenvalue weighted by molar-refractivity contribution is 6.16. The highest BCUT2D eigenvalue weighted by atomic mass is 16.5. The number of hydrogen-bond donors (Lipinski definition) is 1. The molecule has 1 N–H and O–H groups in total. The van der Waals surface area contributed by atoms with E-state index in [1.54, 1.807) is 55.6 Å². The fourth-order valence-corrected chi connectivity index (χ4v) is 7.24. The maximum atomic E-state index is 15.0. The highest BCUT2D eigenvalue weighted by Gasteiger charge is 2.70. The molecule has 0 aliphatic carbocycles. The summed E-state index contributed by atoms with van der Waals surface area (Å²) < 4.78 is 11.2. The zero-order chi connectivity index (χ0) is 30.6. The molecule has 4 aromatic carbocycles. The number of fused-ring (bicyclic) bond motifs is 6. The summed E-state index contributed by atoms with van der Waals surface area (Å²) in [5.41, 5.74) is 2.67. The number of ketones is 2. The van der Waals surface area contributed by atoms with Crippen LogP contribution >= 0.6 is 0 Å². The van der Waals surface area contributed by atoms with Gasteiger partial charge in [0.05, 0.1) is 25.2 Å². The van der Waals surface area contributed by atoms with Crippen LogP contribution in [0.5, 0.6) is 11.5 Å². The summed E-state index contributed by atoms with van der Waals surface area (Å²) in [7, 11) is 1.57. The Morgan fingerprint density at radius 1 is 0.818 bits per heavy atom. The Hall–Kier alpha value is -5.17. The Morgan fingerprint density at radius 2 is 1.45 bits per heavy atom. The molecule has 44 heavy (non-hydrogen) atoms. The first kappa shape index (κ1) is 27.7. The van der Waals surface area contributed by atoms with Gasteiger partial charge in [0, 0.05) is 23.0 Å². The maximum Gasteiger partial charge on any atom is 0.238 e. The van der Waals surface area contributed by atoms with Gasteiger partial charge in [0.2, 0.25) is 5.91 Å². The minimum absolute atomic E-state index is 0.0254. The third-order valence-corrected chi connectivity index (χ3v) is 9.01. The van der Waals surface area contributed by atoms with E-state index >= 15 is 0 Å². The van der Waals surface area contributed by atoms with Crippen molar-refractivity contribution in [3.05, 3.63) is 131 Å². The molecule has 0 saturated carbocycles. The van der Waals surface area contributed by atoms with E-state index in [1.807, 2.05) is 79.6 Å². The number of methoxy groups -OCH3 is 1. The lowest BCUT2D eigenvalue weighted by molar-refractivity contribution is -0.122.